The molecule has 15 heavy (non-hydrogen) atoms. The topological polar surface area (TPSA) is 29.9 Å². The first-order valence-electron chi connectivity index (χ1n) is 5.43. The Morgan fingerprint density at radius 3 is 3.20 bits per heavy atom. The van der Waals surface area contributed by atoms with E-state index in [0.29, 0.717) is 6.04 Å². The molecule has 0 aromatic carbocycles. The first kappa shape index (κ1) is 8.92. The monoisotopic (exact) mass is 201 g/mol. The summed E-state index contributed by atoms with van der Waals surface area (Å²) in [4.78, 5) is 4.54. The lowest BCUT2D eigenvalue weighted by molar-refractivity contribution is 0.437. The molecule has 0 bridgehead atoms. The maximum Gasteiger partial charge on any atom is 0.140 e. The number of nitrogens with zero attached hydrogens (tertiary/aromatic N) is 2. The van der Waals surface area contributed by atoms with Gasteiger partial charge in [0.05, 0.1) is 0 Å². The van der Waals surface area contributed by atoms with Crippen LogP contribution in [0.1, 0.15) is 24.2 Å². The molecule has 1 aliphatic heterocycles. The number of aromatic nitrogens is 2. The van der Waals surface area contributed by atoms with Crippen LogP contribution in [0.25, 0.3) is 11.0 Å². The van der Waals surface area contributed by atoms with Crippen molar-refractivity contribution in [3.63, 3.8) is 0 Å². The molecule has 3 heterocycles. The van der Waals surface area contributed by atoms with Crippen LogP contribution in [0.3, 0.4) is 0 Å². The molecule has 1 atom stereocenters. The molecule has 0 saturated heterocycles. The van der Waals surface area contributed by atoms with E-state index in [1.807, 2.05) is 6.20 Å². The summed E-state index contributed by atoms with van der Waals surface area (Å²) in [5, 5.41) is 4.68. The van der Waals surface area contributed by atoms with E-state index in [0.717, 1.165) is 18.7 Å². The van der Waals surface area contributed by atoms with E-state index in [1.165, 1.54) is 16.6 Å². The molecule has 1 N–H and O–H groups in total. The number of fused-ring (bicyclic) bond motifs is 3. The highest BCUT2D eigenvalue weighted by Gasteiger charge is 2.18. The summed E-state index contributed by atoms with van der Waals surface area (Å²) in [6, 6.07) is 4.96. The van der Waals surface area contributed by atoms with Gasteiger partial charge in [0.15, 0.2) is 0 Å². The smallest absolute Gasteiger partial charge is 0.140 e. The van der Waals surface area contributed by atoms with Crippen LogP contribution in [-0.2, 0) is 6.54 Å². The van der Waals surface area contributed by atoms with Crippen molar-refractivity contribution in [2.45, 2.75) is 26.4 Å². The summed E-state index contributed by atoms with van der Waals surface area (Å²) < 4.78 is 2.35. The molecule has 78 valence electrons. The third-order valence-electron chi connectivity index (χ3n) is 3.08. The van der Waals surface area contributed by atoms with E-state index in [-0.39, 0.29) is 0 Å². The molecule has 0 radical (unpaired) electrons. The predicted octanol–water partition coefficient (Wildman–Crippen LogP) is 2.01. The van der Waals surface area contributed by atoms with Gasteiger partial charge in [-0.3, -0.25) is 0 Å². The summed E-state index contributed by atoms with van der Waals surface area (Å²) in [5.74, 6) is 0. The third-order valence-corrected chi connectivity index (χ3v) is 3.08. The highest BCUT2D eigenvalue weighted by molar-refractivity contribution is 5.78. The molecule has 2 aromatic rings. The first-order chi connectivity index (χ1) is 7.25. The van der Waals surface area contributed by atoms with Crippen molar-refractivity contribution in [2.24, 2.45) is 0 Å². The van der Waals surface area contributed by atoms with Crippen LogP contribution in [0.15, 0.2) is 18.3 Å². The number of pyridine rings is 1. The second kappa shape index (κ2) is 3.07. The zero-order valence-electron chi connectivity index (χ0n) is 9.12. The minimum atomic E-state index is 0.501. The van der Waals surface area contributed by atoms with Crippen LogP contribution < -0.4 is 5.32 Å². The van der Waals surface area contributed by atoms with Crippen molar-refractivity contribution in [3.05, 3.63) is 29.6 Å². The Morgan fingerprint density at radius 2 is 2.33 bits per heavy atom. The second-order valence-electron chi connectivity index (χ2n) is 4.41. The Hall–Kier alpha value is -1.35. The lowest BCUT2D eigenvalue weighted by Crippen LogP contribution is -2.31. The van der Waals surface area contributed by atoms with Gasteiger partial charge >= 0.3 is 0 Å². The van der Waals surface area contributed by atoms with Crippen LogP contribution >= 0.6 is 0 Å². The molecule has 1 aliphatic rings. The average Bonchev–Trinajstić information content (AvgIpc) is 2.56. The van der Waals surface area contributed by atoms with Gasteiger partial charge < -0.3 is 9.88 Å². The Bertz CT molecular complexity index is 513. The molecule has 0 spiro atoms. The first-order valence-corrected chi connectivity index (χ1v) is 5.43. The molecule has 0 saturated carbocycles. The molecule has 0 unspecified atom stereocenters. The molecule has 3 rings (SSSR count). The van der Waals surface area contributed by atoms with Crippen LogP contribution in [0.5, 0.6) is 0 Å². The highest BCUT2D eigenvalue weighted by atomic mass is 15.1. The van der Waals surface area contributed by atoms with Crippen molar-refractivity contribution in [1.82, 2.24) is 14.9 Å². The fourth-order valence-electron chi connectivity index (χ4n) is 2.41. The lowest BCUT2D eigenvalue weighted by Gasteiger charge is -2.24. The molecule has 3 heteroatoms. The van der Waals surface area contributed by atoms with Crippen molar-refractivity contribution < 1.29 is 0 Å². The quantitative estimate of drug-likeness (QED) is 0.706. The Balaban J connectivity index is 2.32. The standard InChI is InChI=1S/C12H15N3/c1-8-3-10-4-11-7-13-6-9(2)15(11)12(10)14-5-8/h3-5,9,13H,6-7H2,1-2H3/t9-/m1/s1. The highest BCUT2D eigenvalue weighted by Crippen LogP contribution is 2.25. The van der Waals surface area contributed by atoms with E-state index >= 15 is 0 Å². The van der Waals surface area contributed by atoms with E-state index in [1.54, 1.807) is 0 Å². The minimum absolute atomic E-state index is 0.501. The molecular formula is C12H15N3. The second-order valence-corrected chi connectivity index (χ2v) is 4.41. The fourth-order valence-corrected chi connectivity index (χ4v) is 2.41. The summed E-state index contributed by atoms with van der Waals surface area (Å²) in [6.45, 7) is 6.31. The largest absolute Gasteiger partial charge is 0.324 e. The van der Waals surface area contributed by atoms with Crippen LogP contribution in [0, 0.1) is 6.92 Å². The number of rotatable bonds is 0. The van der Waals surface area contributed by atoms with E-state index in [4.69, 9.17) is 0 Å². The zero-order chi connectivity index (χ0) is 10.4. The van der Waals surface area contributed by atoms with E-state index < -0.39 is 0 Å². The Kier molecular flexibility index (Phi) is 1.83. The summed E-state index contributed by atoms with van der Waals surface area (Å²) in [6.07, 6.45) is 1.95. The van der Waals surface area contributed by atoms with E-state index in [2.05, 4.69) is 40.8 Å². The Labute approximate surface area is 89.1 Å². The van der Waals surface area contributed by atoms with Gasteiger partial charge in [0.1, 0.15) is 5.65 Å². The molecule has 3 nitrogen and oxygen atoms in total. The van der Waals surface area contributed by atoms with Crippen molar-refractivity contribution in [1.29, 1.82) is 0 Å². The number of nitrogens with one attached hydrogen (secondary N) is 1. The van der Waals surface area contributed by atoms with Crippen molar-refractivity contribution >= 4 is 11.0 Å². The van der Waals surface area contributed by atoms with Crippen LogP contribution in [0.4, 0.5) is 0 Å². The molecule has 0 amide bonds. The number of hydrogen-bond acceptors (Lipinski definition) is 2. The van der Waals surface area contributed by atoms with Gasteiger partial charge in [-0.2, -0.15) is 0 Å². The Morgan fingerprint density at radius 1 is 1.47 bits per heavy atom. The van der Waals surface area contributed by atoms with Gasteiger partial charge in [-0.15, -0.1) is 0 Å². The van der Waals surface area contributed by atoms with Gasteiger partial charge in [0.25, 0.3) is 0 Å². The molecule has 2 aromatic heterocycles. The van der Waals surface area contributed by atoms with Crippen LogP contribution in [0.2, 0.25) is 0 Å². The third kappa shape index (κ3) is 1.27. The maximum absolute atomic E-state index is 4.54. The zero-order valence-corrected chi connectivity index (χ0v) is 9.12. The van der Waals surface area contributed by atoms with Crippen LogP contribution in [-0.4, -0.2) is 16.1 Å². The molecule has 0 aliphatic carbocycles. The van der Waals surface area contributed by atoms with Crippen molar-refractivity contribution in [2.75, 3.05) is 6.54 Å². The normalized spacial score (nSPS) is 20.5. The number of aryl methyl sites for hydroxylation is 1. The maximum atomic E-state index is 4.54. The average molecular weight is 201 g/mol. The molecule has 0 fully saturated rings. The fraction of sp³-hybridized carbons (Fsp3) is 0.417. The summed E-state index contributed by atoms with van der Waals surface area (Å²) >= 11 is 0. The van der Waals surface area contributed by atoms with Gasteiger partial charge in [-0.1, -0.05) is 0 Å². The molecular weight excluding hydrogens is 186 g/mol. The summed E-state index contributed by atoms with van der Waals surface area (Å²) in [5.41, 5.74) is 3.71. The van der Waals surface area contributed by atoms with Gasteiger partial charge in [-0.25, -0.2) is 4.98 Å². The van der Waals surface area contributed by atoms with Gasteiger partial charge in [0, 0.05) is 36.4 Å². The van der Waals surface area contributed by atoms with Gasteiger partial charge in [0.2, 0.25) is 0 Å². The van der Waals surface area contributed by atoms with Crippen molar-refractivity contribution in [3.8, 4) is 0 Å². The number of hydrogen-bond donors (Lipinski definition) is 1. The minimum Gasteiger partial charge on any atom is -0.324 e. The predicted molar refractivity (Wildman–Crippen MR) is 60.9 cm³/mol. The van der Waals surface area contributed by atoms with Gasteiger partial charge in [-0.05, 0) is 31.5 Å². The lowest BCUT2D eigenvalue weighted by atomic mass is 10.2. The summed E-state index contributed by atoms with van der Waals surface area (Å²) in [7, 11) is 0. The SMILES string of the molecule is Cc1cnc2c(c1)cc1n2[C@H](C)CNC1. The van der Waals surface area contributed by atoms with E-state index in [9.17, 15) is 0 Å².